The van der Waals surface area contributed by atoms with Crippen LogP contribution in [0.3, 0.4) is 0 Å². The Balaban J connectivity index is 1.74. The van der Waals surface area contributed by atoms with Gasteiger partial charge in [0.1, 0.15) is 0 Å². The minimum absolute atomic E-state index is 0.0611. The van der Waals surface area contributed by atoms with Crippen LogP contribution in [0.25, 0.3) is 0 Å². The number of pyridine rings is 1. The van der Waals surface area contributed by atoms with Gasteiger partial charge in [-0.25, -0.2) is 0 Å². The lowest BCUT2D eigenvalue weighted by atomic mass is 10.1. The van der Waals surface area contributed by atoms with E-state index in [0.29, 0.717) is 24.6 Å². The third kappa shape index (κ3) is 4.91. The molecule has 1 aliphatic rings. The van der Waals surface area contributed by atoms with Gasteiger partial charge >= 0.3 is 6.61 Å². The van der Waals surface area contributed by atoms with E-state index in [2.05, 4.69) is 9.72 Å². The maximum absolute atomic E-state index is 12.7. The van der Waals surface area contributed by atoms with Crippen LogP contribution in [-0.4, -0.2) is 36.1 Å². The number of amides is 1. The molecule has 2 aromatic rings. The Morgan fingerprint density at radius 2 is 1.96 bits per heavy atom. The van der Waals surface area contributed by atoms with Gasteiger partial charge in [0.05, 0.1) is 6.61 Å². The first-order chi connectivity index (χ1) is 12.5. The number of carbonyl (C=O) groups excluding carboxylic acids is 1. The van der Waals surface area contributed by atoms with Gasteiger partial charge in [-0.2, -0.15) is 8.78 Å². The lowest BCUT2D eigenvalue weighted by Crippen LogP contribution is -2.26. The van der Waals surface area contributed by atoms with Gasteiger partial charge in [-0.3, -0.25) is 9.78 Å². The number of halogens is 2. The van der Waals surface area contributed by atoms with Crippen molar-refractivity contribution in [2.24, 2.45) is 5.92 Å². The molecule has 7 heteroatoms. The van der Waals surface area contributed by atoms with Crippen molar-refractivity contribution in [2.45, 2.75) is 26.0 Å². The summed E-state index contributed by atoms with van der Waals surface area (Å²) >= 11 is 0. The first-order valence-electron chi connectivity index (χ1n) is 8.39. The van der Waals surface area contributed by atoms with Gasteiger partial charge in [-0.15, -0.1) is 0 Å². The summed E-state index contributed by atoms with van der Waals surface area (Å²) in [6.07, 6.45) is 5.46. The molecule has 1 heterocycles. The fourth-order valence-electron chi connectivity index (χ4n) is 2.49. The summed E-state index contributed by atoms with van der Waals surface area (Å²) < 4.78 is 35.3. The van der Waals surface area contributed by atoms with Gasteiger partial charge in [0, 0.05) is 31.5 Å². The number of hydrogen-bond acceptors (Lipinski definition) is 4. The number of ether oxygens (including phenoxy) is 2. The number of rotatable bonds is 8. The van der Waals surface area contributed by atoms with E-state index in [-0.39, 0.29) is 17.4 Å². The summed E-state index contributed by atoms with van der Waals surface area (Å²) in [5.41, 5.74) is 1.30. The second-order valence-electron chi connectivity index (χ2n) is 6.31. The van der Waals surface area contributed by atoms with Gasteiger partial charge in [0.25, 0.3) is 5.91 Å². The number of aromatic nitrogens is 1. The quantitative estimate of drug-likeness (QED) is 0.718. The summed E-state index contributed by atoms with van der Waals surface area (Å²) in [7, 11) is 1.68. The number of alkyl halides is 2. The zero-order valence-corrected chi connectivity index (χ0v) is 14.4. The third-order valence-corrected chi connectivity index (χ3v) is 4.09. The summed E-state index contributed by atoms with van der Waals surface area (Å²) in [5.74, 6) is 0.319. The molecular formula is C19H20F2N2O3. The van der Waals surface area contributed by atoms with Crippen molar-refractivity contribution < 1.29 is 23.0 Å². The lowest BCUT2D eigenvalue weighted by molar-refractivity contribution is -0.0515. The SMILES string of the molecule is CN(Cc1ccncc1)C(=O)c1ccc(OC(F)F)c(OCC2CC2)c1. The maximum Gasteiger partial charge on any atom is 0.387 e. The molecule has 5 nitrogen and oxygen atoms in total. The normalized spacial score (nSPS) is 13.5. The Morgan fingerprint density at radius 3 is 2.62 bits per heavy atom. The average Bonchev–Trinajstić information content (AvgIpc) is 3.45. The van der Waals surface area contributed by atoms with Crippen LogP contribution in [-0.2, 0) is 6.54 Å². The zero-order chi connectivity index (χ0) is 18.5. The van der Waals surface area contributed by atoms with Crippen molar-refractivity contribution in [1.82, 2.24) is 9.88 Å². The molecule has 0 unspecified atom stereocenters. The molecule has 1 aromatic heterocycles. The summed E-state index contributed by atoms with van der Waals surface area (Å²) in [6, 6.07) is 7.93. The Morgan fingerprint density at radius 1 is 1.23 bits per heavy atom. The second kappa shape index (κ2) is 8.12. The van der Waals surface area contributed by atoms with Crippen LogP contribution < -0.4 is 9.47 Å². The molecule has 0 bridgehead atoms. The molecule has 1 fully saturated rings. The highest BCUT2D eigenvalue weighted by atomic mass is 19.3. The highest BCUT2D eigenvalue weighted by Gasteiger charge is 2.24. The predicted octanol–water partition coefficient (Wildman–Crippen LogP) is 3.74. The molecule has 0 radical (unpaired) electrons. The molecule has 1 saturated carbocycles. The molecule has 138 valence electrons. The molecule has 0 saturated heterocycles. The van der Waals surface area contributed by atoms with Crippen LogP contribution in [0.15, 0.2) is 42.7 Å². The number of hydrogen-bond donors (Lipinski definition) is 0. The molecule has 0 aliphatic heterocycles. The largest absolute Gasteiger partial charge is 0.489 e. The fraction of sp³-hybridized carbons (Fsp3) is 0.368. The van der Waals surface area contributed by atoms with E-state index in [9.17, 15) is 13.6 Å². The predicted molar refractivity (Wildman–Crippen MR) is 91.3 cm³/mol. The molecule has 0 spiro atoms. The van der Waals surface area contributed by atoms with E-state index < -0.39 is 6.61 Å². The number of benzene rings is 1. The molecule has 0 N–H and O–H groups in total. The van der Waals surface area contributed by atoms with E-state index in [1.165, 1.54) is 18.2 Å². The standard InChI is InChI=1S/C19H20F2N2O3/c1-23(11-13-6-8-22-9-7-13)18(24)15-4-5-16(26-19(20)21)17(10-15)25-12-14-2-3-14/h4-10,14,19H,2-3,11-12H2,1H3. The smallest absolute Gasteiger partial charge is 0.387 e. The summed E-state index contributed by atoms with van der Waals surface area (Å²) in [4.78, 5) is 18.1. The topological polar surface area (TPSA) is 51.7 Å². The fourth-order valence-corrected chi connectivity index (χ4v) is 2.49. The monoisotopic (exact) mass is 362 g/mol. The van der Waals surface area contributed by atoms with Crippen molar-refractivity contribution in [3.63, 3.8) is 0 Å². The average molecular weight is 362 g/mol. The Hall–Kier alpha value is -2.70. The van der Waals surface area contributed by atoms with Crippen LogP contribution in [0.1, 0.15) is 28.8 Å². The van der Waals surface area contributed by atoms with E-state index in [1.807, 2.05) is 12.1 Å². The first kappa shape index (κ1) is 18.1. The van der Waals surface area contributed by atoms with Crippen molar-refractivity contribution >= 4 is 5.91 Å². The molecule has 1 aliphatic carbocycles. The van der Waals surface area contributed by atoms with Crippen LogP contribution in [0.5, 0.6) is 11.5 Å². The van der Waals surface area contributed by atoms with E-state index in [0.717, 1.165) is 18.4 Å². The molecule has 3 rings (SSSR count). The first-order valence-corrected chi connectivity index (χ1v) is 8.39. The zero-order valence-electron chi connectivity index (χ0n) is 14.4. The second-order valence-corrected chi connectivity index (χ2v) is 6.31. The van der Waals surface area contributed by atoms with Gasteiger partial charge in [-0.1, -0.05) is 0 Å². The van der Waals surface area contributed by atoms with Crippen molar-refractivity contribution in [2.75, 3.05) is 13.7 Å². The van der Waals surface area contributed by atoms with Crippen molar-refractivity contribution in [1.29, 1.82) is 0 Å². The Bertz CT molecular complexity index is 752. The molecule has 1 aromatic carbocycles. The minimum atomic E-state index is -2.95. The van der Waals surface area contributed by atoms with E-state index in [1.54, 1.807) is 24.3 Å². The third-order valence-electron chi connectivity index (χ3n) is 4.09. The lowest BCUT2D eigenvalue weighted by Gasteiger charge is -2.19. The van der Waals surface area contributed by atoms with Gasteiger partial charge < -0.3 is 14.4 Å². The van der Waals surface area contributed by atoms with Crippen molar-refractivity contribution in [3.8, 4) is 11.5 Å². The van der Waals surface area contributed by atoms with Crippen LogP contribution in [0.2, 0.25) is 0 Å². The number of carbonyl (C=O) groups is 1. The van der Waals surface area contributed by atoms with Crippen LogP contribution in [0, 0.1) is 5.92 Å². The van der Waals surface area contributed by atoms with Crippen LogP contribution >= 0.6 is 0 Å². The minimum Gasteiger partial charge on any atom is -0.489 e. The van der Waals surface area contributed by atoms with Crippen molar-refractivity contribution in [3.05, 3.63) is 53.9 Å². The number of nitrogens with zero attached hydrogens (tertiary/aromatic N) is 2. The molecule has 1 amide bonds. The highest BCUT2D eigenvalue weighted by molar-refractivity contribution is 5.94. The van der Waals surface area contributed by atoms with Gasteiger partial charge in [0.2, 0.25) is 0 Å². The summed E-state index contributed by atoms with van der Waals surface area (Å²) in [6.45, 7) is -2.10. The summed E-state index contributed by atoms with van der Waals surface area (Å²) in [5, 5.41) is 0. The Labute approximate surface area is 150 Å². The van der Waals surface area contributed by atoms with E-state index in [4.69, 9.17) is 4.74 Å². The Kier molecular flexibility index (Phi) is 5.65. The van der Waals surface area contributed by atoms with Gasteiger partial charge in [-0.05, 0) is 54.7 Å². The molecule has 0 atom stereocenters. The van der Waals surface area contributed by atoms with E-state index >= 15 is 0 Å². The van der Waals surface area contributed by atoms with Gasteiger partial charge in [0.15, 0.2) is 11.5 Å². The highest BCUT2D eigenvalue weighted by Crippen LogP contribution is 2.34. The molecule has 26 heavy (non-hydrogen) atoms. The maximum atomic E-state index is 12.7. The molecular weight excluding hydrogens is 342 g/mol. The van der Waals surface area contributed by atoms with Crippen LogP contribution in [0.4, 0.5) is 8.78 Å².